The second-order valence-electron chi connectivity index (χ2n) is 12.1. The third-order valence-electron chi connectivity index (χ3n) is 9.36. The molecule has 2 atom stereocenters. The Morgan fingerprint density at radius 1 is 1.08 bits per heavy atom. The summed E-state index contributed by atoms with van der Waals surface area (Å²) in [6, 6.07) is 10.6. The number of halogens is 3. The number of carboxylic acid groups (broad SMARTS) is 1. The first-order chi connectivity index (χ1) is 18.1. The minimum atomic E-state index is -4.33. The zero-order chi connectivity index (χ0) is 26.7. The number of hydrogen-bond acceptors (Lipinski definition) is 3. The Balaban J connectivity index is 1.15. The Morgan fingerprint density at radius 2 is 1.82 bits per heavy atom. The molecule has 1 N–H and O–H groups in total. The van der Waals surface area contributed by atoms with Gasteiger partial charge in [-0.3, -0.25) is 9.69 Å². The van der Waals surface area contributed by atoms with Crippen molar-refractivity contribution < 1.29 is 27.8 Å². The van der Waals surface area contributed by atoms with Gasteiger partial charge in [-0.05, 0) is 110 Å². The molecular weight excluding hydrogens is 491 g/mol. The minimum Gasteiger partial charge on any atom is -0.487 e. The highest BCUT2D eigenvalue weighted by atomic mass is 19.4. The minimum absolute atomic E-state index is 0.00856. The van der Waals surface area contributed by atoms with Gasteiger partial charge < -0.3 is 9.84 Å². The van der Waals surface area contributed by atoms with Gasteiger partial charge in [-0.15, -0.1) is 0 Å². The second-order valence-corrected chi connectivity index (χ2v) is 12.1. The SMILES string of the molecule is CC(C(=O)O)C(c1ccc2c(c1)OC1(CC2)CCN(Cc2cc(C(F)(F)F)ccc2C2CC2)CC1)C1CC1. The lowest BCUT2D eigenvalue weighted by atomic mass is 9.80. The van der Waals surface area contributed by atoms with Gasteiger partial charge in [0.1, 0.15) is 11.4 Å². The smallest absolute Gasteiger partial charge is 0.416 e. The van der Waals surface area contributed by atoms with Gasteiger partial charge >= 0.3 is 12.1 Å². The van der Waals surface area contributed by atoms with Crippen LogP contribution in [0.25, 0.3) is 0 Å². The predicted molar refractivity (Wildman–Crippen MR) is 138 cm³/mol. The molecule has 2 aromatic rings. The topological polar surface area (TPSA) is 49.8 Å². The largest absolute Gasteiger partial charge is 0.487 e. The molecule has 0 aromatic heterocycles. The number of aryl methyl sites for hydroxylation is 1. The van der Waals surface area contributed by atoms with Crippen LogP contribution in [-0.4, -0.2) is 34.7 Å². The molecule has 0 amide bonds. The van der Waals surface area contributed by atoms with Crippen LogP contribution in [0.15, 0.2) is 36.4 Å². The van der Waals surface area contributed by atoms with E-state index in [-0.39, 0.29) is 11.5 Å². The van der Waals surface area contributed by atoms with Crippen molar-refractivity contribution in [3.63, 3.8) is 0 Å². The first-order valence-electron chi connectivity index (χ1n) is 14.1. The van der Waals surface area contributed by atoms with Crippen LogP contribution in [0.5, 0.6) is 5.75 Å². The Morgan fingerprint density at radius 3 is 2.45 bits per heavy atom. The molecule has 2 aliphatic carbocycles. The highest BCUT2D eigenvalue weighted by Crippen LogP contribution is 2.49. The second kappa shape index (κ2) is 9.58. The van der Waals surface area contributed by atoms with Crippen LogP contribution in [0.2, 0.25) is 0 Å². The summed E-state index contributed by atoms with van der Waals surface area (Å²) >= 11 is 0. The maximum Gasteiger partial charge on any atom is 0.416 e. The van der Waals surface area contributed by atoms with Crippen molar-refractivity contribution >= 4 is 5.97 Å². The first-order valence-corrected chi connectivity index (χ1v) is 14.1. The fourth-order valence-electron chi connectivity index (χ4n) is 6.73. The van der Waals surface area contributed by atoms with Crippen molar-refractivity contribution in [2.45, 2.75) is 88.4 Å². The molecule has 1 saturated heterocycles. The third kappa shape index (κ3) is 5.18. The molecule has 4 nitrogen and oxygen atoms in total. The molecule has 2 saturated carbocycles. The standard InChI is InChI=1S/C31H36F3NO3/c1-19(29(36)37)28(22-5-6-22)23-7-4-21-10-11-30(38-27(21)17-23)12-14-35(15-13-30)18-24-16-25(31(32,33)34)8-9-26(24)20-2-3-20/h4,7-9,16-17,19-20,22,28H,2-3,5-6,10-15,18H2,1H3,(H,36,37). The van der Waals surface area contributed by atoms with E-state index in [4.69, 9.17) is 4.74 Å². The summed E-state index contributed by atoms with van der Waals surface area (Å²) in [6.07, 6.45) is 3.48. The van der Waals surface area contributed by atoms with E-state index in [1.165, 1.54) is 17.7 Å². The molecule has 2 aliphatic heterocycles. The maximum atomic E-state index is 13.4. The lowest BCUT2D eigenvalue weighted by Crippen LogP contribution is -2.49. The van der Waals surface area contributed by atoms with Crippen LogP contribution in [0.1, 0.15) is 91.5 Å². The molecule has 0 radical (unpaired) electrons. The first kappa shape index (κ1) is 25.7. The van der Waals surface area contributed by atoms with E-state index in [2.05, 4.69) is 23.1 Å². The summed E-state index contributed by atoms with van der Waals surface area (Å²) in [4.78, 5) is 14.1. The number of hydrogen-bond donors (Lipinski definition) is 1. The predicted octanol–water partition coefficient (Wildman–Crippen LogP) is 7.16. The monoisotopic (exact) mass is 527 g/mol. The number of carbonyl (C=O) groups is 1. The molecule has 6 rings (SSSR count). The molecule has 38 heavy (non-hydrogen) atoms. The summed E-state index contributed by atoms with van der Waals surface area (Å²) < 4.78 is 46.9. The van der Waals surface area contributed by atoms with Crippen molar-refractivity contribution in [2.75, 3.05) is 13.1 Å². The van der Waals surface area contributed by atoms with Crippen LogP contribution in [0.3, 0.4) is 0 Å². The fourth-order valence-corrected chi connectivity index (χ4v) is 6.73. The van der Waals surface area contributed by atoms with Gasteiger partial charge in [-0.2, -0.15) is 13.2 Å². The number of aliphatic carboxylic acids is 1. The van der Waals surface area contributed by atoms with Crippen molar-refractivity contribution in [3.8, 4) is 5.75 Å². The zero-order valence-corrected chi connectivity index (χ0v) is 21.9. The van der Waals surface area contributed by atoms with E-state index in [0.29, 0.717) is 18.4 Å². The summed E-state index contributed by atoms with van der Waals surface area (Å²) in [5.74, 6) is 0.539. The fraction of sp³-hybridized carbons (Fsp3) is 0.581. The molecule has 204 valence electrons. The Kier molecular flexibility index (Phi) is 6.48. The Labute approximate surface area is 222 Å². The van der Waals surface area contributed by atoms with Gasteiger partial charge in [0, 0.05) is 19.6 Å². The highest BCUT2D eigenvalue weighted by Gasteiger charge is 2.42. The number of rotatable bonds is 7. The zero-order valence-electron chi connectivity index (χ0n) is 21.9. The quantitative estimate of drug-likeness (QED) is 0.415. The van der Waals surface area contributed by atoms with E-state index in [1.807, 2.05) is 6.92 Å². The lowest BCUT2D eigenvalue weighted by Gasteiger charge is -2.45. The molecule has 2 aromatic carbocycles. The normalized spacial score (nSPS) is 22.9. The van der Waals surface area contributed by atoms with Gasteiger partial charge in [0.25, 0.3) is 0 Å². The molecule has 4 aliphatic rings. The van der Waals surface area contributed by atoms with Gasteiger partial charge in [-0.25, -0.2) is 0 Å². The molecule has 0 bridgehead atoms. The average Bonchev–Trinajstić information content (AvgIpc) is 3.79. The highest BCUT2D eigenvalue weighted by molar-refractivity contribution is 5.71. The van der Waals surface area contributed by atoms with Crippen molar-refractivity contribution in [1.29, 1.82) is 0 Å². The van der Waals surface area contributed by atoms with E-state index >= 15 is 0 Å². The number of alkyl halides is 3. The van der Waals surface area contributed by atoms with E-state index in [9.17, 15) is 23.1 Å². The van der Waals surface area contributed by atoms with E-state index < -0.39 is 23.6 Å². The summed E-state index contributed by atoms with van der Waals surface area (Å²) in [5, 5.41) is 9.67. The molecule has 1 spiro atoms. The lowest BCUT2D eigenvalue weighted by molar-refractivity contribution is -0.142. The molecule has 7 heteroatoms. The summed E-state index contributed by atoms with van der Waals surface area (Å²) in [7, 11) is 0. The molecule has 3 fully saturated rings. The molecular formula is C31H36F3NO3. The van der Waals surface area contributed by atoms with Crippen molar-refractivity contribution in [3.05, 3.63) is 64.2 Å². The summed E-state index contributed by atoms with van der Waals surface area (Å²) in [5.41, 5.74) is 3.31. The Bertz CT molecular complexity index is 1210. The number of likely N-dealkylation sites (tertiary alicyclic amines) is 1. The van der Waals surface area contributed by atoms with Crippen LogP contribution < -0.4 is 4.74 Å². The number of nitrogens with zero attached hydrogens (tertiary/aromatic N) is 1. The number of piperidine rings is 1. The van der Waals surface area contributed by atoms with Crippen LogP contribution in [-0.2, 0) is 23.9 Å². The number of carboxylic acids is 1. The van der Waals surface area contributed by atoms with E-state index in [0.717, 1.165) is 86.9 Å². The average molecular weight is 528 g/mol. The van der Waals surface area contributed by atoms with E-state index in [1.54, 1.807) is 6.07 Å². The number of benzene rings is 2. The van der Waals surface area contributed by atoms with Gasteiger partial charge in [0.2, 0.25) is 0 Å². The number of fused-ring (bicyclic) bond motifs is 1. The van der Waals surface area contributed by atoms with Crippen LogP contribution >= 0.6 is 0 Å². The van der Waals surface area contributed by atoms with Crippen molar-refractivity contribution in [2.24, 2.45) is 11.8 Å². The van der Waals surface area contributed by atoms with Gasteiger partial charge in [0.15, 0.2) is 0 Å². The maximum absolute atomic E-state index is 13.4. The van der Waals surface area contributed by atoms with Crippen LogP contribution in [0.4, 0.5) is 13.2 Å². The Hall–Kier alpha value is -2.54. The third-order valence-corrected chi connectivity index (χ3v) is 9.36. The van der Waals surface area contributed by atoms with Gasteiger partial charge in [-0.1, -0.05) is 25.1 Å². The summed E-state index contributed by atoms with van der Waals surface area (Å²) in [6.45, 7) is 3.93. The van der Waals surface area contributed by atoms with Crippen LogP contribution in [0, 0.1) is 11.8 Å². The molecule has 2 heterocycles. The molecule has 2 unspecified atom stereocenters. The number of ether oxygens (including phenoxy) is 1. The van der Waals surface area contributed by atoms with Crippen molar-refractivity contribution in [1.82, 2.24) is 4.90 Å². The van der Waals surface area contributed by atoms with Gasteiger partial charge in [0.05, 0.1) is 11.5 Å².